The van der Waals surface area contributed by atoms with Crippen molar-refractivity contribution < 1.29 is 4.74 Å². The van der Waals surface area contributed by atoms with Gasteiger partial charge in [0.1, 0.15) is 11.6 Å². The normalized spacial score (nSPS) is 11.0. The standard InChI is InChI=1S/C28H26N4O/c1-4-32-16-15-21-17-20(9-14-27(21)32)25-18-29-19(2)30-28(25)24-7-5-6-8-26(24)31-22-10-12-23(33-3)13-11-22/h5-18,31H,4H2,1-3H3. The molecule has 0 atom stereocenters. The van der Waals surface area contributed by atoms with E-state index in [1.807, 2.05) is 49.5 Å². The monoisotopic (exact) mass is 434 g/mol. The van der Waals surface area contributed by atoms with Crippen LogP contribution in [0.3, 0.4) is 0 Å². The van der Waals surface area contributed by atoms with Gasteiger partial charge in [0.2, 0.25) is 0 Å². The van der Waals surface area contributed by atoms with Crippen LogP contribution in [0.25, 0.3) is 33.3 Å². The molecule has 3 aromatic carbocycles. The minimum atomic E-state index is 0.742. The zero-order chi connectivity index (χ0) is 22.8. The Kier molecular flexibility index (Phi) is 5.53. The molecule has 2 aromatic heterocycles. The van der Waals surface area contributed by atoms with E-state index in [-0.39, 0.29) is 0 Å². The Morgan fingerprint density at radius 1 is 0.939 bits per heavy atom. The largest absolute Gasteiger partial charge is 0.497 e. The first-order valence-corrected chi connectivity index (χ1v) is 11.1. The lowest BCUT2D eigenvalue weighted by molar-refractivity contribution is 0.415. The average molecular weight is 435 g/mol. The van der Waals surface area contributed by atoms with E-state index in [4.69, 9.17) is 9.72 Å². The van der Waals surface area contributed by atoms with Gasteiger partial charge in [0.15, 0.2) is 0 Å². The van der Waals surface area contributed by atoms with Gasteiger partial charge in [-0.15, -0.1) is 0 Å². The van der Waals surface area contributed by atoms with E-state index in [2.05, 4.69) is 64.4 Å². The van der Waals surface area contributed by atoms with Gasteiger partial charge >= 0.3 is 0 Å². The maximum absolute atomic E-state index is 5.28. The second kappa shape index (κ2) is 8.79. The number of aryl methyl sites for hydroxylation is 2. The molecule has 33 heavy (non-hydrogen) atoms. The van der Waals surface area contributed by atoms with Crippen molar-refractivity contribution in [2.24, 2.45) is 0 Å². The van der Waals surface area contributed by atoms with Gasteiger partial charge in [0, 0.05) is 52.3 Å². The van der Waals surface area contributed by atoms with Crippen LogP contribution in [0.4, 0.5) is 11.4 Å². The molecule has 5 rings (SSSR count). The van der Waals surface area contributed by atoms with Crippen LogP contribution in [-0.2, 0) is 6.54 Å². The predicted molar refractivity (Wildman–Crippen MR) is 135 cm³/mol. The number of nitrogens with zero attached hydrogens (tertiary/aromatic N) is 3. The lowest BCUT2D eigenvalue weighted by Crippen LogP contribution is -1.99. The van der Waals surface area contributed by atoms with E-state index in [9.17, 15) is 0 Å². The highest BCUT2D eigenvalue weighted by atomic mass is 16.5. The maximum atomic E-state index is 5.28. The summed E-state index contributed by atoms with van der Waals surface area (Å²) in [7, 11) is 1.67. The molecule has 2 heterocycles. The number of hydrogen-bond acceptors (Lipinski definition) is 4. The van der Waals surface area contributed by atoms with E-state index in [0.29, 0.717) is 0 Å². The Morgan fingerprint density at radius 2 is 1.76 bits per heavy atom. The Morgan fingerprint density at radius 3 is 2.55 bits per heavy atom. The third kappa shape index (κ3) is 4.05. The van der Waals surface area contributed by atoms with Gasteiger partial charge in [-0.3, -0.25) is 0 Å². The van der Waals surface area contributed by atoms with Crippen molar-refractivity contribution in [1.82, 2.24) is 14.5 Å². The van der Waals surface area contributed by atoms with Crippen molar-refractivity contribution in [2.45, 2.75) is 20.4 Å². The minimum Gasteiger partial charge on any atom is -0.497 e. The molecule has 164 valence electrons. The van der Waals surface area contributed by atoms with E-state index in [0.717, 1.165) is 51.9 Å². The van der Waals surface area contributed by atoms with E-state index in [1.165, 1.54) is 10.9 Å². The van der Waals surface area contributed by atoms with Crippen molar-refractivity contribution >= 4 is 22.3 Å². The van der Waals surface area contributed by atoms with Crippen molar-refractivity contribution in [3.63, 3.8) is 0 Å². The number of hydrogen-bond donors (Lipinski definition) is 1. The van der Waals surface area contributed by atoms with Crippen LogP contribution in [0.2, 0.25) is 0 Å². The van der Waals surface area contributed by atoms with Gasteiger partial charge < -0.3 is 14.6 Å². The first-order valence-electron chi connectivity index (χ1n) is 11.1. The summed E-state index contributed by atoms with van der Waals surface area (Å²) in [5.41, 5.74) is 7.25. The zero-order valence-electron chi connectivity index (χ0n) is 19.0. The van der Waals surface area contributed by atoms with Crippen molar-refractivity contribution in [1.29, 1.82) is 0 Å². The number of para-hydroxylation sites is 1. The lowest BCUT2D eigenvalue weighted by Gasteiger charge is -2.15. The molecule has 0 saturated carbocycles. The number of ether oxygens (including phenoxy) is 1. The van der Waals surface area contributed by atoms with Crippen LogP contribution in [0.1, 0.15) is 12.7 Å². The highest BCUT2D eigenvalue weighted by Crippen LogP contribution is 2.37. The summed E-state index contributed by atoms with van der Waals surface area (Å²) in [5.74, 6) is 1.57. The van der Waals surface area contributed by atoms with E-state index < -0.39 is 0 Å². The topological polar surface area (TPSA) is 52.0 Å². The van der Waals surface area contributed by atoms with Gasteiger partial charge in [0.25, 0.3) is 0 Å². The van der Waals surface area contributed by atoms with Crippen LogP contribution < -0.4 is 10.1 Å². The summed E-state index contributed by atoms with van der Waals surface area (Å²) in [5, 5.41) is 4.76. The van der Waals surface area contributed by atoms with Crippen molar-refractivity contribution in [3.8, 4) is 28.1 Å². The Labute approximate surface area is 193 Å². The summed E-state index contributed by atoms with van der Waals surface area (Å²) in [6.45, 7) is 5.04. The number of aromatic nitrogens is 3. The highest BCUT2D eigenvalue weighted by Gasteiger charge is 2.15. The van der Waals surface area contributed by atoms with Gasteiger partial charge in [-0.25, -0.2) is 9.97 Å². The van der Waals surface area contributed by atoms with E-state index in [1.54, 1.807) is 7.11 Å². The Balaban J connectivity index is 1.60. The van der Waals surface area contributed by atoms with Gasteiger partial charge in [0.05, 0.1) is 12.8 Å². The molecule has 0 unspecified atom stereocenters. The number of anilines is 2. The number of rotatable bonds is 6. The molecule has 0 radical (unpaired) electrons. The molecule has 0 saturated heterocycles. The molecule has 5 heteroatoms. The number of nitrogens with one attached hydrogen (secondary N) is 1. The molecular weight excluding hydrogens is 408 g/mol. The summed E-state index contributed by atoms with van der Waals surface area (Å²) >= 11 is 0. The first kappa shape index (κ1) is 20.8. The fraction of sp³-hybridized carbons (Fsp3) is 0.143. The fourth-order valence-corrected chi connectivity index (χ4v) is 4.16. The van der Waals surface area contributed by atoms with Crippen molar-refractivity contribution in [2.75, 3.05) is 12.4 Å². The molecule has 0 aliphatic carbocycles. The summed E-state index contributed by atoms with van der Waals surface area (Å²) < 4.78 is 7.53. The van der Waals surface area contributed by atoms with Gasteiger partial charge in [-0.05, 0) is 67.9 Å². The average Bonchev–Trinajstić information content (AvgIpc) is 3.27. The molecular formula is C28H26N4O. The van der Waals surface area contributed by atoms with Crippen molar-refractivity contribution in [3.05, 3.63) is 91.0 Å². The number of benzene rings is 3. The number of methoxy groups -OCH3 is 1. The smallest absolute Gasteiger partial charge is 0.125 e. The van der Waals surface area contributed by atoms with Crippen LogP contribution in [0, 0.1) is 6.92 Å². The molecule has 0 bridgehead atoms. The van der Waals surface area contributed by atoms with Gasteiger partial charge in [-0.2, -0.15) is 0 Å². The van der Waals surface area contributed by atoms with E-state index >= 15 is 0 Å². The third-order valence-electron chi connectivity index (χ3n) is 5.88. The Hall–Kier alpha value is -4.12. The van der Waals surface area contributed by atoms with Gasteiger partial charge in [-0.1, -0.05) is 24.3 Å². The number of fused-ring (bicyclic) bond motifs is 1. The quantitative estimate of drug-likeness (QED) is 0.318. The van der Waals surface area contributed by atoms with Crippen LogP contribution in [0.5, 0.6) is 5.75 Å². The predicted octanol–water partition coefficient (Wildman–Crippen LogP) is 6.85. The molecule has 1 N–H and O–H groups in total. The SMILES string of the molecule is CCn1ccc2cc(-c3cnc(C)nc3-c3ccccc3Nc3ccc(OC)cc3)ccc21. The maximum Gasteiger partial charge on any atom is 0.125 e. The van der Waals surface area contributed by atoms with Crippen LogP contribution >= 0.6 is 0 Å². The molecule has 5 nitrogen and oxygen atoms in total. The fourth-order valence-electron chi connectivity index (χ4n) is 4.16. The molecule has 0 aliphatic heterocycles. The lowest BCUT2D eigenvalue weighted by atomic mass is 9.98. The molecule has 0 spiro atoms. The molecule has 0 fully saturated rings. The van der Waals surface area contributed by atoms with Crippen LogP contribution in [-0.4, -0.2) is 21.6 Å². The zero-order valence-corrected chi connectivity index (χ0v) is 19.0. The second-order valence-electron chi connectivity index (χ2n) is 7.95. The highest BCUT2D eigenvalue weighted by molar-refractivity contribution is 5.92. The summed E-state index contributed by atoms with van der Waals surface area (Å²) in [6.07, 6.45) is 4.06. The molecule has 0 amide bonds. The Bertz CT molecular complexity index is 1420. The first-order chi connectivity index (χ1) is 16.2. The molecule has 0 aliphatic rings. The molecule has 5 aromatic rings. The van der Waals surface area contributed by atoms with Crippen LogP contribution in [0.15, 0.2) is 85.2 Å². The second-order valence-corrected chi connectivity index (χ2v) is 7.95. The third-order valence-corrected chi connectivity index (χ3v) is 5.88. The summed E-state index contributed by atoms with van der Waals surface area (Å²) in [6, 6.07) is 24.9. The minimum absolute atomic E-state index is 0.742. The summed E-state index contributed by atoms with van der Waals surface area (Å²) in [4.78, 5) is 9.40.